The van der Waals surface area contributed by atoms with Crippen molar-refractivity contribution in [2.75, 3.05) is 33.2 Å². The van der Waals surface area contributed by atoms with Gasteiger partial charge >= 0.3 is 24.3 Å². The van der Waals surface area contributed by atoms with Gasteiger partial charge in [-0.3, -0.25) is 19.5 Å². The quantitative estimate of drug-likeness (QED) is 0.467. The van der Waals surface area contributed by atoms with Crippen LogP contribution in [-0.4, -0.2) is 105 Å². The molecule has 0 saturated carbocycles. The number of benzene rings is 1. The van der Waals surface area contributed by atoms with E-state index >= 15 is 0 Å². The van der Waals surface area contributed by atoms with Gasteiger partial charge in [0, 0.05) is 68.7 Å². The lowest BCUT2D eigenvalue weighted by Crippen LogP contribution is -2.56. The van der Waals surface area contributed by atoms with Crippen LogP contribution in [0.4, 0.5) is 26.3 Å². The summed E-state index contributed by atoms with van der Waals surface area (Å²) in [4.78, 5) is 54.4. The molecule has 3 aliphatic rings. The van der Waals surface area contributed by atoms with Crippen LogP contribution in [0.25, 0.3) is 0 Å². The van der Waals surface area contributed by atoms with Crippen LogP contribution in [-0.2, 0) is 20.9 Å². The second-order valence-corrected chi connectivity index (χ2v) is 11.1. The topological polar surface area (TPSA) is 131 Å². The van der Waals surface area contributed by atoms with Crippen LogP contribution >= 0.6 is 11.6 Å². The van der Waals surface area contributed by atoms with E-state index < -0.39 is 24.3 Å². The van der Waals surface area contributed by atoms with Crippen LogP contribution in [0.5, 0.6) is 0 Å². The smallest absolute Gasteiger partial charge is 0.475 e. The first kappa shape index (κ1) is 35.6. The van der Waals surface area contributed by atoms with Crippen molar-refractivity contribution < 1.29 is 55.7 Å². The number of pyridine rings is 1. The molecule has 3 saturated heterocycles. The van der Waals surface area contributed by atoms with Gasteiger partial charge in [-0.15, -0.1) is 0 Å². The van der Waals surface area contributed by atoms with Crippen molar-refractivity contribution in [2.24, 2.45) is 11.8 Å². The molecule has 1 aromatic carbocycles. The number of carboxylic acids is 2. The number of aromatic nitrogens is 1. The molecule has 0 bridgehead atoms. The molecule has 2 atom stereocenters. The molecular formula is C28H29ClF6N4O6. The molecule has 1 spiro atoms. The summed E-state index contributed by atoms with van der Waals surface area (Å²) in [7, 11) is 1.96. The van der Waals surface area contributed by atoms with Crippen molar-refractivity contribution in [2.45, 2.75) is 37.3 Å². The van der Waals surface area contributed by atoms with Crippen LogP contribution in [0.1, 0.15) is 28.8 Å². The van der Waals surface area contributed by atoms with Gasteiger partial charge < -0.3 is 20.0 Å². The first-order chi connectivity index (χ1) is 20.9. The predicted molar refractivity (Wildman–Crippen MR) is 146 cm³/mol. The Morgan fingerprint density at radius 2 is 1.56 bits per heavy atom. The molecule has 2 amide bonds. The summed E-state index contributed by atoms with van der Waals surface area (Å²) in [6.07, 6.45) is -4.83. The summed E-state index contributed by atoms with van der Waals surface area (Å²) in [5.74, 6) is -4.87. The predicted octanol–water partition coefficient (Wildman–Crippen LogP) is 4.20. The van der Waals surface area contributed by atoms with Gasteiger partial charge in [0.2, 0.25) is 5.91 Å². The van der Waals surface area contributed by atoms with Crippen LogP contribution in [0.2, 0.25) is 5.02 Å². The zero-order chi connectivity index (χ0) is 33.7. The van der Waals surface area contributed by atoms with Crippen LogP contribution in [0.15, 0.2) is 48.8 Å². The van der Waals surface area contributed by atoms with Crippen molar-refractivity contribution in [1.82, 2.24) is 19.7 Å². The summed E-state index contributed by atoms with van der Waals surface area (Å²) in [6.45, 7) is 3.87. The molecule has 10 nitrogen and oxygen atoms in total. The molecule has 246 valence electrons. The number of fused-ring (bicyclic) bond motifs is 2. The standard InChI is InChI=1S/C24H27ClN4O2.2C2HF3O2/c1-27-23(31)20-15-28(14-17-4-3-9-26-13-17)16-21(20)24(27)7-10-29(11-8-24)22(30)18-5-2-6-19(25)12-18;2*3-2(4,5)1(6)7/h2-6,9,12-13,20-21H,7-8,10-11,14-16H2,1H3;2*(H,6,7)/t20-,21+;;/m0../s1. The molecule has 1 aromatic heterocycles. The Morgan fingerprint density at radius 3 is 2.04 bits per heavy atom. The van der Waals surface area contributed by atoms with E-state index in [2.05, 4.69) is 16.0 Å². The fraction of sp³-hybridized carbons (Fsp3) is 0.464. The second-order valence-electron chi connectivity index (χ2n) is 10.7. The lowest BCUT2D eigenvalue weighted by molar-refractivity contribution is -0.193. The number of alkyl halides is 6. The number of hydrogen-bond donors (Lipinski definition) is 2. The maximum Gasteiger partial charge on any atom is 0.490 e. The third kappa shape index (κ3) is 8.63. The van der Waals surface area contributed by atoms with Crippen molar-refractivity contribution in [1.29, 1.82) is 0 Å². The number of amides is 2. The van der Waals surface area contributed by atoms with Crippen LogP contribution in [0, 0.1) is 11.8 Å². The van der Waals surface area contributed by atoms with Crippen molar-refractivity contribution in [3.8, 4) is 0 Å². The Balaban J connectivity index is 0.000000331. The molecule has 2 aromatic rings. The minimum atomic E-state index is -5.08. The first-order valence-electron chi connectivity index (χ1n) is 13.4. The van der Waals surface area contributed by atoms with Gasteiger partial charge in [-0.05, 0) is 42.7 Å². The van der Waals surface area contributed by atoms with Gasteiger partial charge in [0.05, 0.1) is 11.5 Å². The SMILES string of the molecule is CN1C(=O)[C@H]2CN(Cc3cccnc3)C[C@H]2C12CCN(C(=O)c1cccc(Cl)c1)CC2.O=C(O)C(F)(F)F.O=C(O)C(F)(F)F. The molecule has 3 aliphatic heterocycles. The highest BCUT2D eigenvalue weighted by molar-refractivity contribution is 6.30. The Kier molecular flexibility index (Phi) is 11.1. The van der Waals surface area contributed by atoms with Crippen LogP contribution in [0.3, 0.4) is 0 Å². The van der Waals surface area contributed by atoms with Crippen LogP contribution < -0.4 is 0 Å². The minimum Gasteiger partial charge on any atom is -0.475 e. The van der Waals surface area contributed by atoms with E-state index in [9.17, 15) is 35.9 Å². The van der Waals surface area contributed by atoms with Gasteiger partial charge in [0.25, 0.3) is 5.91 Å². The molecule has 45 heavy (non-hydrogen) atoms. The maximum absolute atomic E-state index is 13.1. The fourth-order valence-corrected chi connectivity index (χ4v) is 6.07. The van der Waals surface area contributed by atoms with Gasteiger partial charge in [0.1, 0.15) is 0 Å². The third-order valence-corrected chi connectivity index (χ3v) is 8.24. The van der Waals surface area contributed by atoms with Gasteiger partial charge in [0.15, 0.2) is 0 Å². The largest absolute Gasteiger partial charge is 0.490 e. The minimum absolute atomic E-state index is 0.0190. The molecule has 17 heteroatoms. The fourth-order valence-electron chi connectivity index (χ4n) is 5.88. The maximum atomic E-state index is 13.1. The Bertz CT molecular complexity index is 1360. The van der Waals surface area contributed by atoms with E-state index in [1.54, 1.807) is 18.3 Å². The lowest BCUT2D eigenvalue weighted by atomic mass is 9.75. The van der Waals surface area contributed by atoms with E-state index in [1.807, 2.05) is 41.2 Å². The molecule has 4 heterocycles. The number of carboxylic acid groups (broad SMARTS) is 2. The van der Waals surface area contributed by atoms with E-state index in [4.69, 9.17) is 31.4 Å². The number of aliphatic carboxylic acids is 2. The normalized spacial score (nSPS) is 20.9. The Labute approximate surface area is 258 Å². The van der Waals surface area contributed by atoms with Gasteiger partial charge in [-0.25, -0.2) is 9.59 Å². The first-order valence-corrected chi connectivity index (χ1v) is 13.8. The number of piperidine rings is 1. The number of carbonyl (C=O) groups is 4. The van der Waals surface area contributed by atoms with E-state index in [0.717, 1.165) is 32.5 Å². The number of rotatable bonds is 3. The zero-order valence-electron chi connectivity index (χ0n) is 23.7. The average molecular weight is 667 g/mol. The second kappa shape index (κ2) is 14.0. The highest BCUT2D eigenvalue weighted by Crippen LogP contribution is 2.49. The molecule has 3 fully saturated rings. The number of halogens is 7. The summed E-state index contributed by atoms with van der Waals surface area (Å²) in [6, 6.07) is 11.2. The zero-order valence-corrected chi connectivity index (χ0v) is 24.4. The van der Waals surface area contributed by atoms with Crippen molar-refractivity contribution >= 4 is 35.4 Å². The summed E-state index contributed by atoms with van der Waals surface area (Å²) in [5, 5.41) is 14.8. The molecule has 5 rings (SSSR count). The summed E-state index contributed by atoms with van der Waals surface area (Å²) in [5.41, 5.74) is 1.65. The summed E-state index contributed by atoms with van der Waals surface area (Å²) >= 11 is 6.07. The number of carbonyl (C=O) groups excluding carboxylic acids is 2. The van der Waals surface area contributed by atoms with Gasteiger partial charge in [-0.2, -0.15) is 26.3 Å². The third-order valence-electron chi connectivity index (χ3n) is 8.00. The molecule has 0 unspecified atom stereocenters. The van der Waals surface area contributed by atoms with Gasteiger partial charge in [-0.1, -0.05) is 23.7 Å². The molecule has 0 radical (unpaired) electrons. The van der Waals surface area contributed by atoms with E-state index in [1.165, 1.54) is 5.56 Å². The Morgan fingerprint density at radius 1 is 0.978 bits per heavy atom. The highest BCUT2D eigenvalue weighted by atomic mass is 35.5. The summed E-state index contributed by atoms with van der Waals surface area (Å²) < 4.78 is 63.5. The van der Waals surface area contributed by atoms with Crippen molar-refractivity contribution in [3.63, 3.8) is 0 Å². The molecule has 2 N–H and O–H groups in total. The number of nitrogens with zero attached hydrogens (tertiary/aromatic N) is 4. The molecule has 0 aliphatic carbocycles. The number of hydrogen-bond acceptors (Lipinski definition) is 6. The van der Waals surface area contributed by atoms with Crippen molar-refractivity contribution in [3.05, 3.63) is 64.9 Å². The Hall–Kier alpha value is -3.92. The van der Waals surface area contributed by atoms with E-state index in [-0.39, 0.29) is 23.3 Å². The highest BCUT2D eigenvalue weighted by Gasteiger charge is 2.60. The average Bonchev–Trinajstić information content (AvgIpc) is 3.47. The van der Waals surface area contributed by atoms with E-state index in [0.29, 0.717) is 29.6 Å². The number of likely N-dealkylation sites (tertiary alicyclic amines) is 3. The molecular weight excluding hydrogens is 638 g/mol. The monoisotopic (exact) mass is 666 g/mol. The lowest BCUT2D eigenvalue weighted by Gasteiger charge is -2.46.